The van der Waals surface area contributed by atoms with E-state index in [0.29, 0.717) is 5.69 Å². The summed E-state index contributed by atoms with van der Waals surface area (Å²) < 4.78 is 1.48. The predicted octanol–water partition coefficient (Wildman–Crippen LogP) is 0.879. The fraction of sp³-hybridized carbons (Fsp3) is 0.125. The van der Waals surface area contributed by atoms with Gasteiger partial charge in [0.25, 0.3) is 0 Å². The Labute approximate surface area is 84.6 Å². The first-order valence-corrected chi connectivity index (χ1v) is 4.14. The molecule has 0 spiro atoms. The van der Waals surface area contributed by atoms with Crippen LogP contribution in [-0.4, -0.2) is 24.4 Å². The van der Waals surface area contributed by atoms with Gasteiger partial charge in [0.15, 0.2) is 0 Å². The predicted molar refractivity (Wildman–Crippen MR) is 50.5 cm³/mol. The molecule has 0 aromatic carbocycles. The number of hydrogen-bond donors (Lipinski definition) is 0. The summed E-state index contributed by atoms with van der Waals surface area (Å²) in [7, 11) is 0. The van der Waals surface area contributed by atoms with E-state index in [0.717, 1.165) is 0 Å². The summed E-state index contributed by atoms with van der Waals surface area (Å²) in [6.45, 7) is 1.57. The lowest BCUT2D eigenvalue weighted by atomic mass is 10.3. The molecule has 0 unspecified atom stereocenters. The van der Waals surface area contributed by atoms with Gasteiger partial charge in [0.1, 0.15) is 18.3 Å². The van der Waals surface area contributed by atoms with E-state index in [2.05, 4.69) is 15.0 Å². The average molecular weight is 205 g/mol. The van der Waals surface area contributed by atoms with E-state index >= 15 is 0 Å². The first kappa shape index (κ1) is 9.25. The van der Waals surface area contributed by atoms with Gasteiger partial charge in [-0.25, -0.2) is 15.0 Å². The molecular weight excluding hydrogens is 198 g/mol. The molecule has 2 rings (SSSR count). The zero-order valence-electron chi connectivity index (χ0n) is 7.86. The Bertz CT molecular complexity index is 494. The molecule has 7 nitrogen and oxygen atoms in total. The molecule has 0 radical (unpaired) electrons. The highest BCUT2D eigenvalue weighted by atomic mass is 16.6. The number of rotatable bonds is 2. The molecule has 0 aliphatic heterocycles. The summed E-state index contributed by atoms with van der Waals surface area (Å²) in [5.41, 5.74) is 0.231. The summed E-state index contributed by atoms with van der Waals surface area (Å²) in [6.07, 6.45) is 5.86. The van der Waals surface area contributed by atoms with Gasteiger partial charge in [0.05, 0.1) is 4.92 Å². The summed E-state index contributed by atoms with van der Waals surface area (Å²) in [4.78, 5) is 21.8. The van der Waals surface area contributed by atoms with Crippen molar-refractivity contribution in [2.75, 3.05) is 0 Å². The Balaban J connectivity index is 2.66. The average Bonchev–Trinajstić information content (AvgIpc) is 2.69. The van der Waals surface area contributed by atoms with Crippen LogP contribution in [0.5, 0.6) is 0 Å². The monoisotopic (exact) mass is 205 g/mol. The smallest absolute Gasteiger partial charge is 0.285 e. The van der Waals surface area contributed by atoms with Crippen molar-refractivity contribution in [1.29, 1.82) is 0 Å². The van der Waals surface area contributed by atoms with E-state index < -0.39 is 4.92 Å². The van der Waals surface area contributed by atoms with Crippen LogP contribution in [0.2, 0.25) is 0 Å². The van der Waals surface area contributed by atoms with Crippen LogP contribution in [0.3, 0.4) is 0 Å². The molecule has 0 aliphatic rings. The zero-order chi connectivity index (χ0) is 10.8. The molecular formula is C8H7N5O2. The van der Waals surface area contributed by atoms with Crippen molar-refractivity contribution in [1.82, 2.24) is 19.5 Å². The molecule has 0 bridgehead atoms. The highest BCUT2D eigenvalue weighted by Crippen LogP contribution is 2.21. The molecule has 2 heterocycles. The lowest BCUT2D eigenvalue weighted by Gasteiger charge is -2.02. The topological polar surface area (TPSA) is 86.7 Å². The van der Waals surface area contributed by atoms with Crippen LogP contribution in [0, 0.1) is 17.0 Å². The molecule has 2 aromatic rings. The minimum atomic E-state index is -0.495. The molecule has 7 heteroatoms. The van der Waals surface area contributed by atoms with Gasteiger partial charge < -0.3 is 0 Å². The first-order chi connectivity index (χ1) is 7.20. The molecule has 0 N–H and O–H groups in total. The second-order valence-corrected chi connectivity index (χ2v) is 2.86. The number of imidazole rings is 1. The van der Waals surface area contributed by atoms with E-state index in [4.69, 9.17) is 0 Å². The molecule has 0 fully saturated rings. The van der Waals surface area contributed by atoms with Gasteiger partial charge in [-0.15, -0.1) is 0 Å². The minimum Gasteiger partial charge on any atom is -0.285 e. The van der Waals surface area contributed by atoms with Crippen LogP contribution in [0.15, 0.2) is 25.0 Å². The molecule has 0 saturated carbocycles. The van der Waals surface area contributed by atoms with Crippen molar-refractivity contribution < 1.29 is 4.92 Å². The lowest BCUT2D eigenvalue weighted by molar-refractivity contribution is -0.385. The number of aryl methyl sites for hydroxylation is 1. The maximum Gasteiger partial charge on any atom is 0.333 e. The van der Waals surface area contributed by atoms with Gasteiger partial charge in [-0.3, -0.25) is 14.7 Å². The third kappa shape index (κ3) is 1.54. The minimum absolute atomic E-state index is 0.101. The maximum absolute atomic E-state index is 10.8. The van der Waals surface area contributed by atoms with Gasteiger partial charge in [-0.1, -0.05) is 0 Å². The third-order valence-electron chi connectivity index (χ3n) is 1.92. The molecule has 15 heavy (non-hydrogen) atoms. The summed E-state index contributed by atoms with van der Waals surface area (Å²) in [6, 6.07) is 0. The van der Waals surface area contributed by atoms with Gasteiger partial charge in [0.2, 0.25) is 5.82 Å². The Morgan fingerprint density at radius 1 is 1.47 bits per heavy atom. The van der Waals surface area contributed by atoms with E-state index in [9.17, 15) is 10.1 Å². The fourth-order valence-electron chi connectivity index (χ4n) is 1.24. The zero-order valence-corrected chi connectivity index (χ0v) is 7.86. The van der Waals surface area contributed by atoms with Crippen LogP contribution in [0.1, 0.15) is 5.69 Å². The van der Waals surface area contributed by atoms with Crippen LogP contribution < -0.4 is 0 Å². The number of aromatic nitrogens is 4. The van der Waals surface area contributed by atoms with Crippen molar-refractivity contribution in [3.8, 4) is 5.82 Å². The summed E-state index contributed by atoms with van der Waals surface area (Å²) in [5.74, 6) is 0.227. The van der Waals surface area contributed by atoms with Crippen molar-refractivity contribution >= 4 is 5.69 Å². The van der Waals surface area contributed by atoms with E-state index in [1.54, 1.807) is 13.1 Å². The second kappa shape index (κ2) is 3.45. The molecule has 76 valence electrons. The number of hydrogen-bond acceptors (Lipinski definition) is 5. The molecule has 0 aliphatic carbocycles. The van der Waals surface area contributed by atoms with Crippen molar-refractivity contribution in [2.24, 2.45) is 0 Å². The molecule has 0 atom stereocenters. The summed E-state index contributed by atoms with van der Waals surface area (Å²) in [5, 5.41) is 10.8. The Morgan fingerprint density at radius 3 is 2.87 bits per heavy atom. The fourth-order valence-corrected chi connectivity index (χ4v) is 1.24. The Morgan fingerprint density at radius 2 is 2.27 bits per heavy atom. The second-order valence-electron chi connectivity index (χ2n) is 2.86. The Hall–Kier alpha value is -2.31. The highest BCUT2D eigenvalue weighted by Gasteiger charge is 2.20. The SMILES string of the molecule is Cc1ncnc(-n2ccnc2)c1[N+](=O)[O-]. The number of nitrogens with zero attached hydrogens (tertiary/aromatic N) is 5. The number of nitro groups is 1. The molecule has 0 amide bonds. The lowest BCUT2D eigenvalue weighted by Crippen LogP contribution is -2.04. The van der Waals surface area contributed by atoms with Gasteiger partial charge >= 0.3 is 5.69 Å². The van der Waals surface area contributed by atoms with Crippen LogP contribution >= 0.6 is 0 Å². The van der Waals surface area contributed by atoms with Crippen molar-refractivity contribution in [2.45, 2.75) is 6.92 Å². The van der Waals surface area contributed by atoms with E-state index in [-0.39, 0.29) is 11.5 Å². The van der Waals surface area contributed by atoms with Crippen LogP contribution in [-0.2, 0) is 0 Å². The highest BCUT2D eigenvalue weighted by molar-refractivity contribution is 5.49. The van der Waals surface area contributed by atoms with Crippen LogP contribution in [0.25, 0.3) is 5.82 Å². The Kier molecular flexibility index (Phi) is 2.13. The van der Waals surface area contributed by atoms with Crippen LogP contribution in [0.4, 0.5) is 5.69 Å². The molecule has 0 saturated heterocycles. The van der Waals surface area contributed by atoms with E-state index in [1.807, 2.05) is 0 Å². The third-order valence-corrected chi connectivity index (χ3v) is 1.92. The van der Waals surface area contributed by atoms with Crippen molar-refractivity contribution in [3.05, 3.63) is 40.9 Å². The molecule has 2 aromatic heterocycles. The van der Waals surface area contributed by atoms with Gasteiger partial charge in [0, 0.05) is 12.4 Å². The van der Waals surface area contributed by atoms with Gasteiger partial charge in [-0.05, 0) is 6.92 Å². The van der Waals surface area contributed by atoms with Crippen molar-refractivity contribution in [3.63, 3.8) is 0 Å². The van der Waals surface area contributed by atoms with Gasteiger partial charge in [-0.2, -0.15) is 0 Å². The first-order valence-electron chi connectivity index (χ1n) is 4.14. The normalized spacial score (nSPS) is 10.2. The standard InChI is InChI=1S/C8H7N5O2/c1-6-7(13(14)15)8(11-4-10-6)12-3-2-9-5-12/h2-5H,1H3. The summed E-state index contributed by atoms with van der Waals surface area (Å²) >= 11 is 0. The quantitative estimate of drug-likeness (QED) is 0.536. The maximum atomic E-state index is 10.8. The largest absolute Gasteiger partial charge is 0.333 e. The van der Waals surface area contributed by atoms with E-state index in [1.165, 1.54) is 23.4 Å².